The lowest BCUT2D eigenvalue weighted by Crippen LogP contribution is -2.30. The fourth-order valence-corrected chi connectivity index (χ4v) is 3.20. The van der Waals surface area contributed by atoms with Crippen molar-refractivity contribution in [3.8, 4) is 0 Å². The van der Waals surface area contributed by atoms with Gasteiger partial charge in [-0.3, -0.25) is 9.52 Å². The lowest BCUT2D eigenvalue weighted by molar-refractivity contribution is 0.0600. The van der Waals surface area contributed by atoms with Gasteiger partial charge in [-0.15, -0.1) is 0 Å². The zero-order valence-corrected chi connectivity index (χ0v) is 15.5. The Hall–Kier alpha value is -2.87. The summed E-state index contributed by atoms with van der Waals surface area (Å²) >= 11 is 0. The minimum Gasteiger partial charge on any atom is -0.465 e. The van der Waals surface area contributed by atoms with Crippen molar-refractivity contribution in [2.75, 3.05) is 11.8 Å². The molecule has 0 spiro atoms. The standard InChI is InChI=1S/C18H20N2O5S/c1-12(2)19-17(21)13-6-10-16(11-7-13)26(23,24)20-15-8-4-14(5-9-15)18(22)25-3/h4-12,20H,1-3H3,(H,19,21). The van der Waals surface area contributed by atoms with Crippen LogP contribution in [-0.2, 0) is 14.8 Å². The molecule has 26 heavy (non-hydrogen) atoms. The molecule has 138 valence electrons. The molecule has 0 bridgehead atoms. The molecule has 0 saturated carbocycles. The van der Waals surface area contributed by atoms with Crippen LogP contribution in [0.1, 0.15) is 34.6 Å². The van der Waals surface area contributed by atoms with Gasteiger partial charge >= 0.3 is 5.97 Å². The largest absolute Gasteiger partial charge is 0.465 e. The van der Waals surface area contributed by atoms with E-state index >= 15 is 0 Å². The summed E-state index contributed by atoms with van der Waals surface area (Å²) in [5, 5.41) is 2.73. The molecule has 0 radical (unpaired) electrons. The number of anilines is 1. The molecular formula is C18H20N2O5S. The Morgan fingerprint density at radius 2 is 1.46 bits per heavy atom. The van der Waals surface area contributed by atoms with E-state index < -0.39 is 16.0 Å². The zero-order chi connectivity index (χ0) is 19.3. The maximum Gasteiger partial charge on any atom is 0.337 e. The van der Waals surface area contributed by atoms with Crippen molar-refractivity contribution in [1.82, 2.24) is 5.32 Å². The molecule has 2 N–H and O–H groups in total. The summed E-state index contributed by atoms with van der Waals surface area (Å²) in [7, 11) is -2.55. The Morgan fingerprint density at radius 3 is 1.96 bits per heavy atom. The number of rotatable bonds is 6. The fraction of sp³-hybridized carbons (Fsp3) is 0.222. The van der Waals surface area contributed by atoms with E-state index in [-0.39, 0.29) is 16.8 Å². The number of sulfonamides is 1. The van der Waals surface area contributed by atoms with Gasteiger partial charge < -0.3 is 10.1 Å². The highest BCUT2D eigenvalue weighted by molar-refractivity contribution is 7.92. The maximum atomic E-state index is 12.4. The summed E-state index contributed by atoms with van der Waals surface area (Å²) in [5.41, 5.74) is 0.996. The highest BCUT2D eigenvalue weighted by atomic mass is 32.2. The lowest BCUT2D eigenvalue weighted by atomic mass is 10.2. The predicted molar refractivity (Wildman–Crippen MR) is 97.6 cm³/mol. The first kappa shape index (κ1) is 19.5. The third kappa shape index (κ3) is 4.82. The third-order valence-electron chi connectivity index (χ3n) is 3.40. The molecule has 0 aliphatic heterocycles. The van der Waals surface area contributed by atoms with Gasteiger partial charge in [0.25, 0.3) is 15.9 Å². The van der Waals surface area contributed by atoms with Crippen molar-refractivity contribution < 1.29 is 22.7 Å². The molecular weight excluding hydrogens is 356 g/mol. The molecule has 0 aliphatic rings. The molecule has 0 unspecified atom stereocenters. The minimum absolute atomic E-state index is 0.0134. The number of carbonyl (C=O) groups is 2. The van der Waals surface area contributed by atoms with Gasteiger partial charge in [-0.05, 0) is 62.4 Å². The number of methoxy groups -OCH3 is 1. The smallest absolute Gasteiger partial charge is 0.337 e. The number of hydrogen-bond acceptors (Lipinski definition) is 5. The Kier molecular flexibility index (Phi) is 5.99. The van der Waals surface area contributed by atoms with Gasteiger partial charge in [-0.25, -0.2) is 13.2 Å². The van der Waals surface area contributed by atoms with Crippen LogP contribution in [0.15, 0.2) is 53.4 Å². The van der Waals surface area contributed by atoms with Crippen molar-refractivity contribution in [3.63, 3.8) is 0 Å². The van der Waals surface area contributed by atoms with Crippen LogP contribution in [0.2, 0.25) is 0 Å². The van der Waals surface area contributed by atoms with Gasteiger partial charge in [0, 0.05) is 17.3 Å². The average Bonchev–Trinajstić information content (AvgIpc) is 2.61. The summed E-state index contributed by atoms with van der Waals surface area (Å²) < 4.78 is 31.9. The van der Waals surface area contributed by atoms with Crippen LogP contribution in [0.25, 0.3) is 0 Å². The van der Waals surface area contributed by atoms with E-state index in [2.05, 4.69) is 14.8 Å². The van der Waals surface area contributed by atoms with Gasteiger partial charge in [-0.1, -0.05) is 0 Å². The zero-order valence-electron chi connectivity index (χ0n) is 14.6. The number of amides is 1. The summed E-state index contributed by atoms with van der Waals surface area (Å²) in [4.78, 5) is 23.3. The number of esters is 1. The summed E-state index contributed by atoms with van der Waals surface area (Å²) in [5.74, 6) is -0.773. The molecule has 0 aliphatic carbocycles. The van der Waals surface area contributed by atoms with Crippen molar-refractivity contribution in [2.24, 2.45) is 0 Å². The quantitative estimate of drug-likeness (QED) is 0.754. The SMILES string of the molecule is COC(=O)c1ccc(NS(=O)(=O)c2ccc(C(=O)NC(C)C)cc2)cc1. The average molecular weight is 376 g/mol. The van der Waals surface area contributed by atoms with Crippen LogP contribution in [0.4, 0.5) is 5.69 Å². The molecule has 2 aromatic rings. The molecule has 0 fully saturated rings. The second-order valence-corrected chi connectivity index (χ2v) is 7.51. The van der Waals surface area contributed by atoms with Crippen molar-refractivity contribution >= 4 is 27.6 Å². The molecule has 0 saturated heterocycles. The maximum absolute atomic E-state index is 12.4. The van der Waals surface area contributed by atoms with Gasteiger partial charge in [0.05, 0.1) is 17.6 Å². The van der Waals surface area contributed by atoms with Crippen molar-refractivity contribution in [1.29, 1.82) is 0 Å². The van der Waals surface area contributed by atoms with Crippen molar-refractivity contribution in [3.05, 3.63) is 59.7 Å². The van der Waals surface area contributed by atoms with Crippen molar-refractivity contribution in [2.45, 2.75) is 24.8 Å². The number of hydrogen-bond donors (Lipinski definition) is 2. The second-order valence-electron chi connectivity index (χ2n) is 5.83. The summed E-state index contributed by atoms with van der Waals surface area (Å²) in [6.07, 6.45) is 0. The van der Waals surface area contributed by atoms with E-state index in [1.165, 1.54) is 55.6 Å². The Bertz CT molecular complexity index is 888. The van der Waals surface area contributed by atoms with E-state index in [9.17, 15) is 18.0 Å². The normalized spacial score (nSPS) is 11.1. The van der Waals surface area contributed by atoms with E-state index in [1.807, 2.05) is 13.8 Å². The topological polar surface area (TPSA) is 102 Å². The number of nitrogens with one attached hydrogen (secondary N) is 2. The number of carbonyl (C=O) groups excluding carboxylic acids is 2. The highest BCUT2D eigenvalue weighted by Gasteiger charge is 2.16. The van der Waals surface area contributed by atoms with E-state index in [1.54, 1.807) is 0 Å². The van der Waals surface area contributed by atoms with Crippen LogP contribution in [0, 0.1) is 0 Å². The monoisotopic (exact) mass is 376 g/mol. The fourth-order valence-electron chi connectivity index (χ4n) is 2.14. The molecule has 0 heterocycles. The summed E-state index contributed by atoms with van der Waals surface area (Å²) in [6, 6.07) is 11.5. The van der Waals surface area contributed by atoms with Crippen LogP contribution in [-0.4, -0.2) is 33.4 Å². The van der Waals surface area contributed by atoms with Gasteiger partial charge in [0.15, 0.2) is 0 Å². The van der Waals surface area contributed by atoms with E-state index in [0.29, 0.717) is 16.8 Å². The third-order valence-corrected chi connectivity index (χ3v) is 4.80. The minimum atomic E-state index is -3.82. The molecule has 1 amide bonds. The highest BCUT2D eigenvalue weighted by Crippen LogP contribution is 2.17. The molecule has 2 rings (SSSR count). The molecule has 8 heteroatoms. The Labute approximate surface area is 152 Å². The Balaban J connectivity index is 2.14. The summed E-state index contributed by atoms with van der Waals surface area (Å²) in [6.45, 7) is 3.68. The number of benzene rings is 2. The van der Waals surface area contributed by atoms with Crippen LogP contribution < -0.4 is 10.0 Å². The molecule has 2 aromatic carbocycles. The van der Waals surface area contributed by atoms with Crippen LogP contribution in [0.3, 0.4) is 0 Å². The van der Waals surface area contributed by atoms with Crippen LogP contribution >= 0.6 is 0 Å². The van der Waals surface area contributed by atoms with Gasteiger partial charge in [0.2, 0.25) is 0 Å². The van der Waals surface area contributed by atoms with Gasteiger partial charge in [-0.2, -0.15) is 0 Å². The second kappa shape index (κ2) is 8.01. The first-order valence-corrected chi connectivity index (χ1v) is 9.33. The molecule has 7 nitrogen and oxygen atoms in total. The number of ether oxygens (including phenoxy) is 1. The van der Waals surface area contributed by atoms with Gasteiger partial charge in [0.1, 0.15) is 0 Å². The van der Waals surface area contributed by atoms with Crippen LogP contribution in [0.5, 0.6) is 0 Å². The first-order valence-electron chi connectivity index (χ1n) is 7.85. The van der Waals surface area contributed by atoms with E-state index in [4.69, 9.17) is 0 Å². The predicted octanol–water partition coefficient (Wildman–Crippen LogP) is 2.41. The molecule has 0 atom stereocenters. The molecule has 0 aromatic heterocycles. The lowest BCUT2D eigenvalue weighted by Gasteiger charge is -2.10. The van der Waals surface area contributed by atoms with E-state index in [0.717, 1.165) is 0 Å². The Morgan fingerprint density at radius 1 is 0.923 bits per heavy atom. The first-order chi connectivity index (χ1) is 12.2.